The molecule has 4 nitrogen and oxygen atoms in total. The smallest absolute Gasteiger partial charge is 0.338 e. The van der Waals surface area contributed by atoms with Gasteiger partial charge in [0.1, 0.15) is 11.5 Å². The lowest BCUT2D eigenvalue weighted by atomic mass is 9.85. The fourth-order valence-electron chi connectivity index (χ4n) is 3.60. The average molecular weight is 440 g/mol. The second kappa shape index (κ2) is 8.98. The Hall–Kier alpha value is -3.05. The van der Waals surface area contributed by atoms with E-state index in [1.807, 2.05) is 45.9 Å². The minimum absolute atomic E-state index is 0.0289. The summed E-state index contributed by atoms with van der Waals surface area (Å²) in [6.07, 6.45) is 0. The summed E-state index contributed by atoms with van der Waals surface area (Å²) in [6.45, 7) is 7.87. The van der Waals surface area contributed by atoms with Gasteiger partial charge in [-0.2, -0.15) is 0 Å². The molecule has 0 fully saturated rings. The molecule has 0 saturated heterocycles. The molecule has 2 aromatic carbocycles. The molecule has 160 valence electrons. The molecule has 0 amide bonds. The second-order valence-corrected chi connectivity index (χ2v) is 8.36. The third-order valence-electron chi connectivity index (χ3n) is 5.15. The van der Waals surface area contributed by atoms with Gasteiger partial charge in [0.2, 0.25) is 5.78 Å². The maximum Gasteiger partial charge on any atom is 0.338 e. The Morgan fingerprint density at radius 1 is 0.968 bits per heavy atom. The Morgan fingerprint density at radius 2 is 1.55 bits per heavy atom. The van der Waals surface area contributed by atoms with Crippen LogP contribution in [0.4, 0.5) is 4.39 Å². The summed E-state index contributed by atoms with van der Waals surface area (Å²) in [5.41, 5.74) is 1.59. The first-order valence-electron chi connectivity index (χ1n) is 9.99. The summed E-state index contributed by atoms with van der Waals surface area (Å²) in [7, 11) is 0. The molecule has 0 unspecified atom stereocenters. The molecule has 0 atom stereocenters. The van der Waals surface area contributed by atoms with Gasteiger partial charge in [0, 0.05) is 11.1 Å². The van der Waals surface area contributed by atoms with E-state index in [0.29, 0.717) is 5.56 Å². The van der Waals surface area contributed by atoms with E-state index in [0.717, 1.165) is 11.1 Å². The second-order valence-electron chi connectivity index (χ2n) is 7.95. The summed E-state index contributed by atoms with van der Waals surface area (Å²) < 4.78 is 14.4. The molecule has 6 heteroatoms. The van der Waals surface area contributed by atoms with Crippen molar-refractivity contribution in [3.63, 3.8) is 0 Å². The number of nitrogens with zero attached hydrogens (tertiary/aromatic N) is 1. The Labute approximate surface area is 185 Å². The quantitative estimate of drug-likeness (QED) is 0.433. The van der Waals surface area contributed by atoms with E-state index in [1.54, 1.807) is 6.07 Å². The van der Waals surface area contributed by atoms with Crippen molar-refractivity contribution in [1.29, 1.82) is 0 Å². The number of hydrogen-bond acceptors (Lipinski definition) is 3. The van der Waals surface area contributed by atoms with Gasteiger partial charge in [0.05, 0.1) is 16.3 Å². The number of aromatic carboxylic acids is 1. The van der Waals surface area contributed by atoms with E-state index in [2.05, 4.69) is 4.98 Å². The molecule has 1 heterocycles. The van der Waals surface area contributed by atoms with E-state index < -0.39 is 17.6 Å². The zero-order chi connectivity index (χ0) is 22.9. The first kappa shape index (κ1) is 22.6. The minimum atomic E-state index is -1.33. The Kier molecular flexibility index (Phi) is 6.56. The maximum absolute atomic E-state index is 14.4. The monoisotopic (exact) mass is 439 g/mol. The normalized spacial score (nSPS) is 11.2. The Bertz CT molecular complexity index is 1150. The maximum atomic E-state index is 14.4. The van der Waals surface area contributed by atoms with Crippen molar-refractivity contribution in [2.45, 2.75) is 39.5 Å². The van der Waals surface area contributed by atoms with Crippen molar-refractivity contribution in [3.05, 3.63) is 87.3 Å². The third kappa shape index (κ3) is 4.37. The summed E-state index contributed by atoms with van der Waals surface area (Å²) in [4.78, 5) is 30.0. The molecule has 3 rings (SSSR count). The highest BCUT2D eigenvalue weighted by molar-refractivity contribution is 6.33. The van der Waals surface area contributed by atoms with Crippen molar-refractivity contribution in [2.24, 2.45) is 0 Å². The molecular formula is C25H23ClFNO3. The summed E-state index contributed by atoms with van der Waals surface area (Å²) in [6, 6.07) is 12.7. The minimum Gasteiger partial charge on any atom is -0.478 e. The molecule has 0 radical (unpaired) electrons. The predicted octanol–water partition coefficient (Wildman–Crippen LogP) is 6.72. The molecule has 0 aliphatic heterocycles. The fourth-order valence-corrected chi connectivity index (χ4v) is 3.85. The van der Waals surface area contributed by atoms with E-state index in [9.17, 15) is 19.1 Å². The van der Waals surface area contributed by atoms with Crippen LogP contribution in [0, 0.1) is 5.82 Å². The molecule has 1 N–H and O–H groups in total. The largest absolute Gasteiger partial charge is 0.478 e. The van der Waals surface area contributed by atoms with Crippen LogP contribution in [0.15, 0.2) is 48.5 Å². The van der Waals surface area contributed by atoms with Gasteiger partial charge in [0.25, 0.3) is 0 Å². The van der Waals surface area contributed by atoms with Crippen LogP contribution in [-0.2, 0) is 0 Å². The number of benzene rings is 2. The zero-order valence-electron chi connectivity index (χ0n) is 17.7. The van der Waals surface area contributed by atoms with Crippen molar-refractivity contribution in [2.75, 3.05) is 0 Å². The topological polar surface area (TPSA) is 67.3 Å². The SMILES string of the molecule is CC(C)c1cccc(C(C)C)c1C(=O)c1nc(-c2ccccc2F)c(Cl)cc1C(=O)O. The highest BCUT2D eigenvalue weighted by Crippen LogP contribution is 2.34. The highest BCUT2D eigenvalue weighted by atomic mass is 35.5. The van der Waals surface area contributed by atoms with E-state index >= 15 is 0 Å². The average Bonchev–Trinajstić information content (AvgIpc) is 2.72. The number of carbonyl (C=O) groups excluding carboxylic acids is 1. The van der Waals surface area contributed by atoms with Crippen LogP contribution in [0.1, 0.15) is 77.1 Å². The third-order valence-corrected chi connectivity index (χ3v) is 5.44. The standard InChI is InChI=1S/C25H23ClFNO3/c1-13(2)15-9-7-10-16(14(3)4)21(15)24(29)23-18(25(30)31)12-19(26)22(28-23)17-8-5-6-11-20(17)27/h5-14H,1-4H3,(H,30,31). The molecule has 0 aliphatic carbocycles. The first-order valence-corrected chi connectivity index (χ1v) is 10.4. The lowest BCUT2D eigenvalue weighted by Crippen LogP contribution is -2.17. The number of ketones is 1. The summed E-state index contributed by atoms with van der Waals surface area (Å²) in [5.74, 6) is -2.34. The van der Waals surface area contributed by atoms with E-state index in [4.69, 9.17) is 11.6 Å². The van der Waals surface area contributed by atoms with Gasteiger partial charge in [-0.1, -0.05) is 69.6 Å². The van der Waals surface area contributed by atoms with Crippen LogP contribution in [0.3, 0.4) is 0 Å². The number of pyridine rings is 1. The number of carboxylic acid groups (broad SMARTS) is 1. The molecule has 0 bridgehead atoms. The van der Waals surface area contributed by atoms with Crippen molar-refractivity contribution in [3.8, 4) is 11.3 Å². The van der Waals surface area contributed by atoms with Crippen molar-refractivity contribution >= 4 is 23.4 Å². The van der Waals surface area contributed by atoms with Gasteiger partial charge >= 0.3 is 5.97 Å². The van der Waals surface area contributed by atoms with Gasteiger partial charge in [-0.25, -0.2) is 14.2 Å². The number of carboxylic acids is 1. The Morgan fingerprint density at radius 3 is 2.06 bits per heavy atom. The molecule has 1 aromatic heterocycles. The summed E-state index contributed by atoms with van der Waals surface area (Å²) >= 11 is 6.26. The van der Waals surface area contributed by atoms with Crippen LogP contribution >= 0.6 is 11.6 Å². The van der Waals surface area contributed by atoms with Gasteiger partial charge < -0.3 is 5.11 Å². The first-order chi connectivity index (χ1) is 14.6. The van der Waals surface area contributed by atoms with Gasteiger partial charge in [-0.05, 0) is 41.2 Å². The van der Waals surface area contributed by atoms with Crippen LogP contribution in [0.5, 0.6) is 0 Å². The number of hydrogen-bond donors (Lipinski definition) is 1. The lowest BCUT2D eigenvalue weighted by Gasteiger charge is -2.19. The molecular weight excluding hydrogens is 417 g/mol. The highest BCUT2D eigenvalue weighted by Gasteiger charge is 2.28. The molecule has 0 aliphatic rings. The molecule has 0 spiro atoms. The van der Waals surface area contributed by atoms with Gasteiger partial charge in [-0.3, -0.25) is 4.79 Å². The van der Waals surface area contributed by atoms with Gasteiger partial charge in [0.15, 0.2) is 0 Å². The summed E-state index contributed by atoms with van der Waals surface area (Å²) in [5, 5.41) is 9.69. The number of rotatable bonds is 6. The Balaban J connectivity index is 2.33. The fraction of sp³-hybridized carbons (Fsp3) is 0.240. The van der Waals surface area contributed by atoms with Crippen LogP contribution < -0.4 is 0 Å². The molecule has 31 heavy (non-hydrogen) atoms. The number of carbonyl (C=O) groups is 2. The molecule has 0 saturated carbocycles. The lowest BCUT2D eigenvalue weighted by molar-refractivity contribution is 0.0692. The number of aromatic nitrogens is 1. The van der Waals surface area contributed by atoms with Crippen LogP contribution in [0.2, 0.25) is 5.02 Å². The molecule has 3 aromatic rings. The van der Waals surface area contributed by atoms with Crippen molar-refractivity contribution in [1.82, 2.24) is 4.98 Å². The number of halogens is 2. The van der Waals surface area contributed by atoms with Crippen molar-refractivity contribution < 1.29 is 19.1 Å². The van der Waals surface area contributed by atoms with E-state index in [1.165, 1.54) is 24.3 Å². The van der Waals surface area contributed by atoms with Crippen LogP contribution in [0.25, 0.3) is 11.3 Å². The zero-order valence-corrected chi connectivity index (χ0v) is 18.5. The predicted molar refractivity (Wildman–Crippen MR) is 120 cm³/mol. The van der Waals surface area contributed by atoms with Gasteiger partial charge in [-0.15, -0.1) is 0 Å². The van der Waals surface area contributed by atoms with Crippen LogP contribution in [-0.4, -0.2) is 21.8 Å². The van der Waals surface area contributed by atoms with E-state index in [-0.39, 0.29) is 39.4 Å².